The van der Waals surface area contributed by atoms with E-state index in [9.17, 15) is 0 Å². The highest BCUT2D eigenvalue weighted by molar-refractivity contribution is 5.17. The molecule has 0 aromatic carbocycles. The van der Waals surface area contributed by atoms with Crippen molar-refractivity contribution in [2.24, 2.45) is 0 Å². The normalized spacial score (nSPS) is 18.2. The van der Waals surface area contributed by atoms with E-state index in [-0.39, 0.29) is 5.41 Å². The van der Waals surface area contributed by atoms with E-state index >= 15 is 0 Å². The summed E-state index contributed by atoms with van der Waals surface area (Å²) in [7, 11) is 0. The van der Waals surface area contributed by atoms with Crippen LogP contribution in [-0.2, 0) is 18.5 Å². The lowest BCUT2D eigenvalue weighted by molar-refractivity contribution is 0.422. The highest BCUT2D eigenvalue weighted by Gasteiger charge is 2.26. The second-order valence-corrected chi connectivity index (χ2v) is 7.25. The van der Waals surface area contributed by atoms with E-state index in [0.717, 1.165) is 19.6 Å². The van der Waals surface area contributed by atoms with Crippen LogP contribution in [0.1, 0.15) is 56.6 Å². The van der Waals surface area contributed by atoms with Crippen molar-refractivity contribution >= 4 is 0 Å². The molecule has 0 bridgehead atoms. The van der Waals surface area contributed by atoms with Gasteiger partial charge in [0.15, 0.2) is 0 Å². The Morgan fingerprint density at radius 2 is 2.05 bits per heavy atom. The molecule has 1 N–H and O–H groups in total. The number of nitrogens with one attached hydrogen (secondary N) is 1. The second kappa shape index (κ2) is 6.21. The fourth-order valence-electron chi connectivity index (χ4n) is 3.02. The fourth-order valence-corrected chi connectivity index (χ4v) is 3.02. The third kappa shape index (κ3) is 3.38. The van der Waals surface area contributed by atoms with E-state index in [1.54, 1.807) is 0 Å². The van der Waals surface area contributed by atoms with Crippen molar-refractivity contribution in [3.05, 3.63) is 47.8 Å². The third-order valence-corrected chi connectivity index (χ3v) is 4.36. The summed E-state index contributed by atoms with van der Waals surface area (Å²) in [4.78, 5) is 9.00. The van der Waals surface area contributed by atoms with Crippen molar-refractivity contribution in [1.82, 2.24) is 19.9 Å². The Kier molecular flexibility index (Phi) is 4.30. The summed E-state index contributed by atoms with van der Waals surface area (Å²) in [5, 5.41) is 3.58. The van der Waals surface area contributed by atoms with Crippen LogP contribution in [0.3, 0.4) is 0 Å². The first kappa shape index (κ1) is 15.2. The maximum Gasteiger partial charge on any atom is 0.113 e. The number of aromatic nitrogens is 3. The summed E-state index contributed by atoms with van der Waals surface area (Å²) in [5.74, 6) is 1.78. The predicted molar refractivity (Wildman–Crippen MR) is 88.8 cm³/mol. The molecule has 1 atom stereocenters. The van der Waals surface area contributed by atoms with Crippen molar-refractivity contribution < 1.29 is 0 Å². The number of rotatable bonds is 4. The molecule has 3 rings (SSSR count). The minimum atomic E-state index is 0.124. The van der Waals surface area contributed by atoms with Crippen LogP contribution < -0.4 is 5.32 Å². The van der Waals surface area contributed by atoms with Gasteiger partial charge in [-0.2, -0.15) is 0 Å². The average Bonchev–Trinajstić information content (AvgIpc) is 2.93. The lowest BCUT2D eigenvalue weighted by atomic mass is 9.93. The molecule has 118 valence electrons. The molecule has 22 heavy (non-hydrogen) atoms. The highest BCUT2D eigenvalue weighted by Crippen LogP contribution is 2.30. The molecule has 0 saturated heterocycles. The molecule has 1 aliphatic heterocycles. The van der Waals surface area contributed by atoms with Crippen molar-refractivity contribution in [1.29, 1.82) is 0 Å². The number of hydrogen-bond acceptors (Lipinski definition) is 3. The first-order valence-electron chi connectivity index (χ1n) is 8.21. The van der Waals surface area contributed by atoms with Crippen molar-refractivity contribution in [3.8, 4) is 0 Å². The van der Waals surface area contributed by atoms with Gasteiger partial charge in [0.25, 0.3) is 0 Å². The van der Waals surface area contributed by atoms with Gasteiger partial charge in [-0.15, -0.1) is 0 Å². The molecule has 1 aliphatic rings. The van der Waals surface area contributed by atoms with Gasteiger partial charge in [0.05, 0.1) is 5.69 Å². The number of nitrogens with zero attached hydrogens (tertiary/aromatic N) is 3. The minimum absolute atomic E-state index is 0.124. The van der Waals surface area contributed by atoms with E-state index in [1.165, 1.54) is 29.9 Å². The molecule has 0 spiro atoms. The lowest BCUT2D eigenvalue weighted by Crippen LogP contribution is -2.26. The van der Waals surface area contributed by atoms with Crippen molar-refractivity contribution in [2.75, 3.05) is 6.54 Å². The Balaban J connectivity index is 1.65. The Morgan fingerprint density at radius 3 is 2.77 bits per heavy atom. The third-order valence-electron chi connectivity index (χ3n) is 4.36. The molecule has 2 aromatic heterocycles. The molecule has 0 unspecified atom stereocenters. The summed E-state index contributed by atoms with van der Waals surface area (Å²) in [6.07, 6.45) is 8.42. The van der Waals surface area contributed by atoms with E-state index in [2.05, 4.69) is 54.0 Å². The van der Waals surface area contributed by atoms with Gasteiger partial charge in [-0.05, 0) is 30.5 Å². The van der Waals surface area contributed by atoms with Crippen molar-refractivity contribution in [2.45, 2.75) is 58.0 Å². The number of fused-ring (bicyclic) bond motifs is 1. The predicted octanol–water partition coefficient (Wildman–Crippen LogP) is 3.24. The van der Waals surface area contributed by atoms with E-state index in [4.69, 9.17) is 4.98 Å². The topological polar surface area (TPSA) is 42.7 Å². The molecule has 4 nitrogen and oxygen atoms in total. The molecule has 2 aromatic rings. The number of pyridine rings is 1. The number of hydrogen-bond donors (Lipinski definition) is 1. The van der Waals surface area contributed by atoms with Crippen molar-refractivity contribution in [3.63, 3.8) is 0 Å². The molecule has 3 heterocycles. The standard InChI is InChI=1S/C18H26N4/c1-18(2,3)16-13-22-10-4-5-15(17(22)21-16)12-20-11-14-6-8-19-9-7-14/h6-9,13,15,20H,4-5,10-12H2,1-3H3/t15-/m1/s1. The van der Waals surface area contributed by atoms with Crippen LogP contribution in [-0.4, -0.2) is 21.1 Å². The number of aryl methyl sites for hydroxylation is 1. The monoisotopic (exact) mass is 298 g/mol. The van der Waals surface area contributed by atoms with Crippen LogP contribution in [0.15, 0.2) is 30.7 Å². The lowest BCUT2D eigenvalue weighted by Gasteiger charge is -2.23. The molecule has 0 aliphatic carbocycles. The van der Waals surface area contributed by atoms with E-state index < -0.39 is 0 Å². The quantitative estimate of drug-likeness (QED) is 0.942. The van der Waals surface area contributed by atoms with E-state index in [1.807, 2.05) is 12.4 Å². The zero-order valence-corrected chi connectivity index (χ0v) is 13.8. The molecule has 4 heteroatoms. The van der Waals surface area contributed by atoms with Gasteiger partial charge < -0.3 is 9.88 Å². The Hall–Kier alpha value is -1.68. The second-order valence-electron chi connectivity index (χ2n) is 7.25. The van der Waals surface area contributed by atoms with Gasteiger partial charge >= 0.3 is 0 Å². The van der Waals surface area contributed by atoms with Gasteiger partial charge in [0.2, 0.25) is 0 Å². The smallest absolute Gasteiger partial charge is 0.113 e. The molecule has 0 saturated carbocycles. The summed E-state index contributed by atoms with van der Waals surface area (Å²) in [5.41, 5.74) is 2.62. The van der Waals surface area contributed by atoms with Crippen LogP contribution in [0.2, 0.25) is 0 Å². The van der Waals surface area contributed by atoms with Gasteiger partial charge in [-0.25, -0.2) is 4.98 Å². The Bertz CT molecular complexity index is 610. The molecular formula is C18H26N4. The average molecular weight is 298 g/mol. The zero-order chi connectivity index (χ0) is 15.6. The van der Waals surface area contributed by atoms with Crippen LogP contribution in [0, 0.1) is 0 Å². The highest BCUT2D eigenvalue weighted by atomic mass is 15.1. The molecule has 0 radical (unpaired) electrons. The van der Waals surface area contributed by atoms with Gasteiger partial charge in [0, 0.05) is 49.6 Å². The van der Waals surface area contributed by atoms with E-state index in [0.29, 0.717) is 5.92 Å². The molecular weight excluding hydrogens is 272 g/mol. The SMILES string of the molecule is CC(C)(C)c1cn2c(n1)[C@@H](CNCc1ccncc1)CCC2. The first-order chi connectivity index (χ1) is 10.5. The maximum atomic E-state index is 4.94. The maximum absolute atomic E-state index is 4.94. The van der Waals surface area contributed by atoms with Crippen LogP contribution >= 0.6 is 0 Å². The fraction of sp³-hybridized carbons (Fsp3) is 0.556. The molecule has 0 fully saturated rings. The Labute approximate surface area is 133 Å². The minimum Gasteiger partial charge on any atom is -0.334 e. The molecule has 0 amide bonds. The van der Waals surface area contributed by atoms with Gasteiger partial charge in [0.1, 0.15) is 5.82 Å². The van der Waals surface area contributed by atoms with Crippen LogP contribution in [0.4, 0.5) is 0 Å². The first-order valence-corrected chi connectivity index (χ1v) is 8.21. The summed E-state index contributed by atoms with van der Waals surface area (Å²) in [6, 6.07) is 4.12. The van der Waals surface area contributed by atoms with Crippen LogP contribution in [0.5, 0.6) is 0 Å². The summed E-state index contributed by atoms with van der Waals surface area (Å²) in [6.45, 7) is 9.70. The largest absolute Gasteiger partial charge is 0.334 e. The van der Waals surface area contributed by atoms with Gasteiger partial charge in [-0.1, -0.05) is 20.8 Å². The summed E-state index contributed by atoms with van der Waals surface area (Å²) >= 11 is 0. The van der Waals surface area contributed by atoms with Gasteiger partial charge in [-0.3, -0.25) is 4.98 Å². The summed E-state index contributed by atoms with van der Waals surface area (Å²) < 4.78 is 2.36. The van der Waals surface area contributed by atoms with Crippen LogP contribution in [0.25, 0.3) is 0 Å². The Morgan fingerprint density at radius 1 is 1.27 bits per heavy atom. The zero-order valence-electron chi connectivity index (χ0n) is 13.8. The number of imidazole rings is 1.